The third-order valence-corrected chi connectivity index (χ3v) is 3.46. The van der Waals surface area contributed by atoms with Gasteiger partial charge in [0.2, 0.25) is 0 Å². The predicted molar refractivity (Wildman–Crippen MR) is 67.8 cm³/mol. The molecule has 0 aliphatic heterocycles. The second kappa shape index (κ2) is 6.10. The third kappa shape index (κ3) is 3.64. The molecule has 72 valence electrons. The van der Waals surface area contributed by atoms with Gasteiger partial charge in [0.1, 0.15) is 0 Å². The van der Waals surface area contributed by atoms with Crippen molar-refractivity contribution < 1.29 is 0 Å². The van der Waals surface area contributed by atoms with Gasteiger partial charge in [0, 0.05) is 15.3 Å². The molecule has 13 heavy (non-hydrogen) atoms. The van der Waals surface area contributed by atoms with E-state index in [1.807, 2.05) is 0 Å². The number of aryl methyl sites for hydroxylation is 1. The summed E-state index contributed by atoms with van der Waals surface area (Å²) in [5, 5.41) is 0. The second-order valence-electron chi connectivity index (χ2n) is 2.85. The zero-order chi connectivity index (χ0) is 9.68. The highest BCUT2D eigenvalue weighted by atomic mass is 127. The molecule has 1 aromatic carbocycles. The molecule has 0 amide bonds. The lowest BCUT2D eigenvalue weighted by molar-refractivity contribution is 0.926. The summed E-state index contributed by atoms with van der Waals surface area (Å²) in [5.74, 6) is 1.31. The molecule has 3 heteroatoms. The summed E-state index contributed by atoms with van der Waals surface area (Å²) >= 11 is 13.7. The van der Waals surface area contributed by atoms with E-state index in [2.05, 4.69) is 40.8 Å². The maximum Gasteiger partial charge on any atom is 0.0484 e. The van der Waals surface area contributed by atoms with E-state index in [1.54, 1.807) is 0 Å². The fourth-order valence-corrected chi connectivity index (χ4v) is 2.26. The van der Waals surface area contributed by atoms with Gasteiger partial charge in [0.25, 0.3) is 0 Å². The summed E-state index contributed by atoms with van der Waals surface area (Å²) in [5.41, 5.74) is 2.55. The van der Waals surface area contributed by atoms with Gasteiger partial charge in [-0.1, -0.05) is 12.1 Å². The fraction of sp³-hybridized carbons (Fsp3) is 0.400. The summed E-state index contributed by atoms with van der Waals surface area (Å²) in [6, 6.07) is 6.42. The lowest BCUT2D eigenvalue weighted by atomic mass is 10.1. The van der Waals surface area contributed by atoms with Gasteiger partial charge < -0.3 is 0 Å². The van der Waals surface area contributed by atoms with Crippen LogP contribution in [0.1, 0.15) is 17.5 Å². The quantitative estimate of drug-likeness (QED) is 0.574. The van der Waals surface area contributed by atoms with Crippen LogP contribution in [0.3, 0.4) is 0 Å². The van der Waals surface area contributed by atoms with Crippen LogP contribution < -0.4 is 0 Å². The molecule has 0 radical (unpaired) electrons. The number of rotatable bonds is 4. The molecule has 0 heterocycles. The van der Waals surface area contributed by atoms with Crippen molar-refractivity contribution in [1.29, 1.82) is 0 Å². The Morgan fingerprint density at radius 3 is 2.62 bits per heavy atom. The van der Waals surface area contributed by atoms with Crippen molar-refractivity contribution in [2.75, 3.05) is 5.88 Å². The summed E-state index contributed by atoms with van der Waals surface area (Å²) in [4.78, 5) is 0. The van der Waals surface area contributed by atoms with E-state index < -0.39 is 0 Å². The highest BCUT2D eigenvalue weighted by Gasteiger charge is 2.00. The third-order valence-electron chi connectivity index (χ3n) is 1.85. The number of halogens is 3. The van der Waals surface area contributed by atoms with E-state index in [4.69, 9.17) is 23.2 Å². The molecule has 0 aromatic heterocycles. The Bertz CT molecular complexity index is 274. The van der Waals surface area contributed by atoms with E-state index in [-0.39, 0.29) is 0 Å². The van der Waals surface area contributed by atoms with Crippen molar-refractivity contribution in [1.82, 2.24) is 0 Å². The molecule has 0 bridgehead atoms. The molecule has 0 atom stereocenters. The lowest BCUT2D eigenvalue weighted by Gasteiger charge is -2.04. The average Bonchev–Trinajstić information content (AvgIpc) is 2.16. The van der Waals surface area contributed by atoms with Gasteiger partial charge in [-0.2, -0.15) is 0 Å². The first kappa shape index (κ1) is 11.6. The Kier molecular flexibility index (Phi) is 5.44. The van der Waals surface area contributed by atoms with E-state index in [0.717, 1.165) is 18.7 Å². The minimum Gasteiger partial charge on any atom is -0.127 e. The van der Waals surface area contributed by atoms with E-state index >= 15 is 0 Å². The average molecular weight is 329 g/mol. The molecule has 0 aliphatic rings. The van der Waals surface area contributed by atoms with Crippen LogP contribution in [-0.4, -0.2) is 5.88 Å². The fourth-order valence-electron chi connectivity index (χ4n) is 1.16. The van der Waals surface area contributed by atoms with Crippen LogP contribution in [0.25, 0.3) is 0 Å². The van der Waals surface area contributed by atoms with Gasteiger partial charge >= 0.3 is 0 Å². The smallest absolute Gasteiger partial charge is 0.0484 e. The van der Waals surface area contributed by atoms with Crippen molar-refractivity contribution >= 4 is 45.8 Å². The Balaban J connectivity index is 2.74. The number of hydrogen-bond donors (Lipinski definition) is 0. The first-order chi connectivity index (χ1) is 6.27. The Morgan fingerprint density at radius 1 is 1.23 bits per heavy atom. The Hall–Kier alpha value is 0.530. The van der Waals surface area contributed by atoms with Crippen LogP contribution in [0.4, 0.5) is 0 Å². The monoisotopic (exact) mass is 328 g/mol. The molecule has 0 fully saturated rings. The standard InChI is InChI=1S/C10H11Cl2I/c11-5-1-2-8-3-4-10(13)9(6-8)7-12/h3-4,6H,1-2,5,7H2. The van der Waals surface area contributed by atoms with Gasteiger partial charge in [-0.25, -0.2) is 0 Å². The normalized spacial score (nSPS) is 10.4. The van der Waals surface area contributed by atoms with Gasteiger partial charge in [0.05, 0.1) is 0 Å². The van der Waals surface area contributed by atoms with Crippen molar-refractivity contribution in [3.8, 4) is 0 Å². The Labute approximate surface area is 103 Å². The highest BCUT2D eigenvalue weighted by molar-refractivity contribution is 14.1. The van der Waals surface area contributed by atoms with Crippen LogP contribution in [0, 0.1) is 3.57 Å². The van der Waals surface area contributed by atoms with Crippen LogP contribution in [0.15, 0.2) is 18.2 Å². The van der Waals surface area contributed by atoms with Crippen LogP contribution in [-0.2, 0) is 12.3 Å². The van der Waals surface area contributed by atoms with Crippen molar-refractivity contribution in [2.45, 2.75) is 18.7 Å². The van der Waals surface area contributed by atoms with Gasteiger partial charge in [0.15, 0.2) is 0 Å². The van der Waals surface area contributed by atoms with E-state index in [1.165, 1.54) is 14.7 Å². The zero-order valence-corrected chi connectivity index (χ0v) is 10.9. The lowest BCUT2D eigenvalue weighted by Crippen LogP contribution is -1.91. The second-order valence-corrected chi connectivity index (χ2v) is 4.66. The molecule has 1 rings (SSSR count). The zero-order valence-electron chi connectivity index (χ0n) is 7.19. The number of hydrogen-bond acceptors (Lipinski definition) is 0. The molecule has 0 saturated heterocycles. The first-order valence-corrected chi connectivity index (χ1v) is 6.32. The molecule has 0 nitrogen and oxygen atoms in total. The molecule has 0 unspecified atom stereocenters. The molecular formula is C10H11Cl2I. The van der Waals surface area contributed by atoms with Crippen LogP contribution in [0.2, 0.25) is 0 Å². The van der Waals surface area contributed by atoms with E-state index in [9.17, 15) is 0 Å². The summed E-state index contributed by atoms with van der Waals surface area (Å²) < 4.78 is 1.24. The molecule has 1 aromatic rings. The van der Waals surface area contributed by atoms with Crippen molar-refractivity contribution in [3.05, 3.63) is 32.9 Å². The summed E-state index contributed by atoms with van der Waals surface area (Å²) in [7, 11) is 0. The van der Waals surface area contributed by atoms with Gasteiger partial charge in [-0.3, -0.25) is 0 Å². The van der Waals surface area contributed by atoms with Crippen LogP contribution >= 0.6 is 45.8 Å². The van der Waals surface area contributed by atoms with Crippen molar-refractivity contribution in [3.63, 3.8) is 0 Å². The minimum atomic E-state index is 0.590. The maximum atomic E-state index is 5.81. The summed E-state index contributed by atoms with van der Waals surface area (Å²) in [6.07, 6.45) is 2.08. The first-order valence-electron chi connectivity index (χ1n) is 4.17. The molecule has 0 N–H and O–H groups in total. The topological polar surface area (TPSA) is 0 Å². The highest BCUT2D eigenvalue weighted by Crippen LogP contribution is 2.17. The molecule has 0 spiro atoms. The molecule has 0 aliphatic carbocycles. The van der Waals surface area contributed by atoms with E-state index in [0.29, 0.717) is 5.88 Å². The van der Waals surface area contributed by atoms with Crippen molar-refractivity contribution in [2.24, 2.45) is 0 Å². The number of alkyl halides is 2. The largest absolute Gasteiger partial charge is 0.127 e. The molecular weight excluding hydrogens is 318 g/mol. The molecule has 0 saturated carbocycles. The SMILES string of the molecule is ClCCCc1ccc(I)c(CCl)c1. The minimum absolute atomic E-state index is 0.590. The van der Waals surface area contributed by atoms with Crippen LogP contribution in [0.5, 0.6) is 0 Å². The Morgan fingerprint density at radius 2 is 2.00 bits per heavy atom. The predicted octanol–water partition coefficient (Wildman–Crippen LogP) is 4.20. The number of benzene rings is 1. The maximum absolute atomic E-state index is 5.81. The van der Waals surface area contributed by atoms with Gasteiger partial charge in [-0.15, -0.1) is 23.2 Å². The van der Waals surface area contributed by atoms with Gasteiger partial charge in [-0.05, 0) is 52.6 Å². The summed E-state index contributed by atoms with van der Waals surface area (Å²) in [6.45, 7) is 0.